The Morgan fingerprint density at radius 1 is 1.44 bits per heavy atom. The number of methoxy groups -OCH3 is 1. The number of rotatable bonds is 6. The zero-order valence-corrected chi connectivity index (χ0v) is 10.8. The Kier molecular flexibility index (Phi) is 4.22. The zero-order valence-electron chi connectivity index (χ0n) is 10.8. The van der Waals surface area contributed by atoms with Gasteiger partial charge in [-0.3, -0.25) is 4.90 Å². The van der Waals surface area contributed by atoms with Crippen LogP contribution in [-0.4, -0.2) is 50.8 Å². The van der Waals surface area contributed by atoms with Crippen LogP contribution in [-0.2, 0) is 4.74 Å². The molecule has 0 aromatic carbocycles. The van der Waals surface area contributed by atoms with Crippen LogP contribution in [0.15, 0.2) is 0 Å². The minimum absolute atomic E-state index is 0.617. The van der Waals surface area contributed by atoms with Crippen LogP contribution in [0.1, 0.15) is 32.6 Å². The van der Waals surface area contributed by atoms with Crippen LogP contribution in [0.3, 0.4) is 0 Å². The molecule has 3 heteroatoms. The van der Waals surface area contributed by atoms with E-state index in [9.17, 15) is 0 Å². The van der Waals surface area contributed by atoms with Crippen LogP contribution in [0.2, 0.25) is 0 Å². The summed E-state index contributed by atoms with van der Waals surface area (Å²) in [6, 6.07) is 0.715. The average molecular weight is 226 g/mol. The fraction of sp³-hybridized carbons (Fsp3) is 1.00. The maximum absolute atomic E-state index is 5.22. The van der Waals surface area contributed by atoms with Gasteiger partial charge in [-0.2, -0.15) is 0 Å². The summed E-state index contributed by atoms with van der Waals surface area (Å²) in [4.78, 5) is 2.66. The highest BCUT2D eigenvalue weighted by molar-refractivity contribution is 4.96. The number of hydrogen-bond donors (Lipinski definition) is 1. The molecule has 0 amide bonds. The van der Waals surface area contributed by atoms with E-state index in [2.05, 4.69) is 17.1 Å². The van der Waals surface area contributed by atoms with Gasteiger partial charge in [0, 0.05) is 45.9 Å². The second-order valence-electron chi connectivity index (χ2n) is 5.54. The van der Waals surface area contributed by atoms with Gasteiger partial charge in [0.1, 0.15) is 0 Å². The largest absolute Gasteiger partial charge is 0.385 e. The van der Waals surface area contributed by atoms with Crippen LogP contribution in [0, 0.1) is 5.41 Å². The van der Waals surface area contributed by atoms with Gasteiger partial charge < -0.3 is 10.1 Å². The van der Waals surface area contributed by atoms with Crippen molar-refractivity contribution in [3.05, 3.63) is 0 Å². The van der Waals surface area contributed by atoms with Crippen molar-refractivity contribution in [2.45, 2.75) is 38.6 Å². The Bertz CT molecular complexity index is 216. The fourth-order valence-electron chi connectivity index (χ4n) is 2.77. The molecule has 0 spiro atoms. The minimum Gasteiger partial charge on any atom is -0.385 e. The number of nitrogens with one attached hydrogen (secondary N) is 1. The number of ether oxygens (including phenoxy) is 1. The predicted octanol–water partition coefficient (Wildman–Crippen LogP) is 1.49. The molecule has 1 N–H and O–H groups in total. The van der Waals surface area contributed by atoms with Gasteiger partial charge in [-0.05, 0) is 31.1 Å². The van der Waals surface area contributed by atoms with E-state index < -0.39 is 0 Å². The Morgan fingerprint density at radius 2 is 2.25 bits per heavy atom. The number of hydrogen-bond acceptors (Lipinski definition) is 3. The summed E-state index contributed by atoms with van der Waals surface area (Å²) < 4.78 is 5.22. The standard InChI is InChI=1S/C13H26N2O/c1-3-12-10-15(8-7-14-12)11-13(4-5-13)6-9-16-2/h12,14H,3-11H2,1-2H3. The molecule has 0 aromatic heterocycles. The van der Waals surface area contributed by atoms with Crippen LogP contribution >= 0.6 is 0 Å². The molecule has 0 aromatic rings. The van der Waals surface area contributed by atoms with Crippen LogP contribution in [0.5, 0.6) is 0 Å². The molecule has 2 aliphatic rings. The first kappa shape index (κ1) is 12.3. The lowest BCUT2D eigenvalue weighted by Gasteiger charge is -2.35. The highest BCUT2D eigenvalue weighted by Gasteiger charge is 2.43. The third-order valence-corrected chi connectivity index (χ3v) is 4.19. The Labute approximate surface area is 99.5 Å². The smallest absolute Gasteiger partial charge is 0.0468 e. The predicted molar refractivity (Wildman–Crippen MR) is 66.7 cm³/mol. The fourth-order valence-corrected chi connectivity index (χ4v) is 2.77. The Balaban J connectivity index is 1.76. The molecule has 94 valence electrons. The topological polar surface area (TPSA) is 24.5 Å². The lowest BCUT2D eigenvalue weighted by molar-refractivity contribution is 0.128. The summed E-state index contributed by atoms with van der Waals surface area (Å²) in [5.41, 5.74) is 0.617. The van der Waals surface area contributed by atoms with Crippen LogP contribution in [0.25, 0.3) is 0 Å². The van der Waals surface area contributed by atoms with Gasteiger partial charge >= 0.3 is 0 Å². The van der Waals surface area contributed by atoms with Crippen molar-refractivity contribution < 1.29 is 4.74 Å². The van der Waals surface area contributed by atoms with E-state index in [1.807, 2.05) is 7.11 Å². The van der Waals surface area contributed by atoms with E-state index in [4.69, 9.17) is 4.74 Å². The SMILES string of the molecule is CCC1CN(CC2(CCOC)CC2)CCN1. The lowest BCUT2D eigenvalue weighted by Crippen LogP contribution is -2.51. The lowest BCUT2D eigenvalue weighted by atomic mass is 10.0. The first-order chi connectivity index (χ1) is 7.78. The first-order valence-electron chi connectivity index (χ1n) is 6.73. The van der Waals surface area contributed by atoms with Gasteiger partial charge in [-0.15, -0.1) is 0 Å². The van der Waals surface area contributed by atoms with Crippen molar-refractivity contribution in [1.82, 2.24) is 10.2 Å². The van der Waals surface area contributed by atoms with E-state index in [0.717, 1.165) is 6.61 Å². The third kappa shape index (κ3) is 3.19. The summed E-state index contributed by atoms with van der Waals surface area (Å²) >= 11 is 0. The average Bonchev–Trinajstić information content (AvgIpc) is 3.07. The van der Waals surface area contributed by atoms with Crippen molar-refractivity contribution in [2.24, 2.45) is 5.41 Å². The highest BCUT2D eigenvalue weighted by Crippen LogP contribution is 2.49. The van der Waals surface area contributed by atoms with Gasteiger partial charge in [0.2, 0.25) is 0 Å². The van der Waals surface area contributed by atoms with Crippen molar-refractivity contribution in [3.63, 3.8) is 0 Å². The number of piperazine rings is 1. The van der Waals surface area contributed by atoms with E-state index in [-0.39, 0.29) is 0 Å². The first-order valence-corrected chi connectivity index (χ1v) is 6.73. The molecule has 1 atom stereocenters. The molecule has 3 nitrogen and oxygen atoms in total. The van der Waals surface area contributed by atoms with Gasteiger partial charge in [-0.1, -0.05) is 6.92 Å². The van der Waals surface area contributed by atoms with Gasteiger partial charge in [-0.25, -0.2) is 0 Å². The molecule has 0 radical (unpaired) electrons. The molecule has 1 heterocycles. The molecule has 2 fully saturated rings. The molecular formula is C13H26N2O. The van der Waals surface area contributed by atoms with Gasteiger partial charge in [0.05, 0.1) is 0 Å². The van der Waals surface area contributed by atoms with Crippen molar-refractivity contribution in [3.8, 4) is 0 Å². The zero-order chi connectivity index (χ0) is 11.4. The summed E-state index contributed by atoms with van der Waals surface area (Å²) in [5.74, 6) is 0. The molecule has 1 aliphatic heterocycles. The molecule has 1 aliphatic carbocycles. The van der Waals surface area contributed by atoms with Crippen LogP contribution < -0.4 is 5.32 Å². The monoisotopic (exact) mass is 226 g/mol. The molecule has 1 unspecified atom stereocenters. The molecule has 1 saturated heterocycles. The van der Waals surface area contributed by atoms with E-state index >= 15 is 0 Å². The highest BCUT2D eigenvalue weighted by atomic mass is 16.5. The molecule has 0 bridgehead atoms. The molecule has 1 saturated carbocycles. The second-order valence-corrected chi connectivity index (χ2v) is 5.54. The van der Waals surface area contributed by atoms with Crippen molar-refractivity contribution in [2.75, 3.05) is 39.9 Å². The second kappa shape index (κ2) is 5.48. The molecular weight excluding hydrogens is 200 g/mol. The van der Waals surface area contributed by atoms with E-state index in [1.54, 1.807) is 0 Å². The third-order valence-electron chi connectivity index (χ3n) is 4.19. The summed E-state index contributed by atoms with van der Waals surface area (Å²) in [5, 5.41) is 3.58. The maximum Gasteiger partial charge on any atom is 0.0468 e. The van der Waals surface area contributed by atoms with Crippen molar-refractivity contribution >= 4 is 0 Å². The molecule has 16 heavy (non-hydrogen) atoms. The summed E-state index contributed by atoms with van der Waals surface area (Å²) in [7, 11) is 1.81. The normalized spacial score (nSPS) is 29.2. The van der Waals surface area contributed by atoms with E-state index in [0.29, 0.717) is 11.5 Å². The molecule has 2 rings (SSSR count). The Hall–Kier alpha value is -0.120. The van der Waals surface area contributed by atoms with Crippen LogP contribution in [0.4, 0.5) is 0 Å². The van der Waals surface area contributed by atoms with E-state index in [1.165, 1.54) is 51.9 Å². The van der Waals surface area contributed by atoms with Gasteiger partial charge in [0.15, 0.2) is 0 Å². The number of nitrogens with zero attached hydrogens (tertiary/aromatic N) is 1. The summed E-state index contributed by atoms with van der Waals surface area (Å²) in [6.45, 7) is 8.14. The maximum atomic E-state index is 5.22. The van der Waals surface area contributed by atoms with Gasteiger partial charge in [0.25, 0.3) is 0 Å². The Morgan fingerprint density at radius 3 is 2.88 bits per heavy atom. The quantitative estimate of drug-likeness (QED) is 0.742. The minimum atomic E-state index is 0.617. The van der Waals surface area contributed by atoms with Crippen molar-refractivity contribution in [1.29, 1.82) is 0 Å². The summed E-state index contributed by atoms with van der Waals surface area (Å²) in [6.07, 6.45) is 5.33.